The molecule has 1 aromatic heterocycles. The number of carbonyl (C=O) groups excluding carboxylic acids is 1. The summed E-state index contributed by atoms with van der Waals surface area (Å²) >= 11 is 0. The molecule has 156 valence electrons. The van der Waals surface area contributed by atoms with Crippen LogP contribution in [0.1, 0.15) is 44.9 Å². The normalized spacial score (nSPS) is 16.7. The molecule has 5 heteroatoms. The van der Waals surface area contributed by atoms with Crippen LogP contribution in [-0.2, 0) is 13.1 Å². The first-order valence-electron chi connectivity index (χ1n) is 10.7. The monoisotopic (exact) mass is 402 g/mol. The summed E-state index contributed by atoms with van der Waals surface area (Å²) < 4.78 is 1.94. The van der Waals surface area contributed by atoms with Gasteiger partial charge in [0.2, 0.25) is 0 Å². The van der Waals surface area contributed by atoms with E-state index in [-0.39, 0.29) is 11.9 Å². The molecule has 2 aromatic carbocycles. The van der Waals surface area contributed by atoms with E-state index in [2.05, 4.69) is 70.8 Å². The van der Waals surface area contributed by atoms with E-state index in [9.17, 15) is 4.79 Å². The van der Waals surface area contributed by atoms with Gasteiger partial charge in [-0.05, 0) is 38.3 Å². The van der Waals surface area contributed by atoms with E-state index < -0.39 is 0 Å². The minimum atomic E-state index is -0.00767. The van der Waals surface area contributed by atoms with Crippen LogP contribution in [0.15, 0.2) is 54.6 Å². The number of benzene rings is 2. The number of amides is 1. The summed E-state index contributed by atoms with van der Waals surface area (Å²) in [6.07, 6.45) is 0.980. The molecule has 1 aliphatic rings. The van der Waals surface area contributed by atoms with E-state index in [0.717, 1.165) is 37.4 Å². The van der Waals surface area contributed by atoms with Gasteiger partial charge in [0.25, 0.3) is 5.91 Å². The molecule has 4 rings (SSSR count). The summed E-state index contributed by atoms with van der Waals surface area (Å²) in [5.41, 5.74) is 6.16. The number of hydrogen-bond donors (Lipinski definition) is 1. The molecule has 1 saturated heterocycles. The van der Waals surface area contributed by atoms with Crippen molar-refractivity contribution in [1.29, 1.82) is 0 Å². The third-order valence-corrected chi connectivity index (χ3v) is 5.92. The fourth-order valence-electron chi connectivity index (χ4n) is 4.24. The first-order valence-corrected chi connectivity index (χ1v) is 10.7. The fourth-order valence-corrected chi connectivity index (χ4v) is 4.24. The molecule has 1 unspecified atom stereocenters. The number of rotatable bonds is 6. The molecule has 0 aliphatic carbocycles. The largest absolute Gasteiger partial charge is 0.348 e. The van der Waals surface area contributed by atoms with E-state index in [4.69, 9.17) is 0 Å². The van der Waals surface area contributed by atoms with Crippen molar-refractivity contribution < 1.29 is 4.79 Å². The standard InChI is InChI=1S/C25H30N4O/c1-18-9-11-22(12-10-18)16-29-20(3)24(19(2)27-29)25(30)26-23-13-14-28(17-23)15-21-7-5-4-6-8-21/h4-12,23H,13-17H2,1-3H3,(H,26,30). The minimum absolute atomic E-state index is 0.00767. The molecule has 0 spiro atoms. The Labute approximate surface area is 178 Å². The van der Waals surface area contributed by atoms with Gasteiger partial charge in [0.1, 0.15) is 0 Å². The first kappa shape index (κ1) is 20.4. The maximum absolute atomic E-state index is 13.0. The Hall–Kier alpha value is -2.92. The van der Waals surface area contributed by atoms with Crippen molar-refractivity contribution in [2.45, 2.75) is 46.3 Å². The van der Waals surface area contributed by atoms with Gasteiger partial charge in [-0.15, -0.1) is 0 Å². The van der Waals surface area contributed by atoms with Crippen molar-refractivity contribution in [2.75, 3.05) is 13.1 Å². The highest BCUT2D eigenvalue weighted by Crippen LogP contribution is 2.18. The quantitative estimate of drug-likeness (QED) is 0.681. The Morgan fingerprint density at radius 1 is 1.00 bits per heavy atom. The maximum Gasteiger partial charge on any atom is 0.255 e. The van der Waals surface area contributed by atoms with Gasteiger partial charge >= 0.3 is 0 Å². The molecule has 1 aliphatic heterocycles. The van der Waals surface area contributed by atoms with E-state index in [1.54, 1.807) is 0 Å². The van der Waals surface area contributed by atoms with Crippen LogP contribution in [0, 0.1) is 20.8 Å². The average Bonchev–Trinajstić information content (AvgIpc) is 3.27. The van der Waals surface area contributed by atoms with Gasteiger partial charge in [0.05, 0.1) is 17.8 Å². The lowest BCUT2D eigenvalue weighted by Gasteiger charge is -2.17. The molecule has 1 fully saturated rings. The molecule has 3 aromatic rings. The average molecular weight is 403 g/mol. The molecule has 0 saturated carbocycles. The molecular weight excluding hydrogens is 372 g/mol. The Kier molecular flexibility index (Phi) is 6.00. The van der Waals surface area contributed by atoms with Gasteiger partial charge in [-0.2, -0.15) is 5.10 Å². The zero-order valence-corrected chi connectivity index (χ0v) is 18.1. The van der Waals surface area contributed by atoms with Gasteiger partial charge in [0.15, 0.2) is 0 Å². The number of aromatic nitrogens is 2. The van der Waals surface area contributed by atoms with Crippen molar-refractivity contribution in [2.24, 2.45) is 0 Å². The topological polar surface area (TPSA) is 50.2 Å². The molecule has 1 N–H and O–H groups in total. The summed E-state index contributed by atoms with van der Waals surface area (Å²) in [5, 5.41) is 7.88. The van der Waals surface area contributed by atoms with Crippen molar-refractivity contribution >= 4 is 5.91 Å². The Morgan fingerprint density at radius 3 is 2.43 bits per heavy atom. The summed E-state index contributed by atoms with van der Waals surface area (Å²) in [7, 11) is 0. The van der Waals surface area contributed by atoms with Crippen LogP contribution in [0.2, 0.25) is 0 Å². The number of hydrogen-bond acceptors (Lipinski definition) is 3. The maximum atomic E-state index is 13.0. The van der Waals surface area contributed by atoms with Gasteiger partial charge in [-0.25, -0.2) is 0 Å². The molecule has 30 heavy (non-hydrogen) atoms. The Balaban J connectivity index is 1.39. The van der Waals surface area contributed by atoms with Crippen molar-refractivity contribution in [3.8, 4) is 0 Å². The number of aryl methyl sites for hydroxylation is 2. The van der Waals surface area contributed by atoms with Gasteiger partial charge in [-0.1, -0.05) is 60.2 Å². The van der Waals surface area contributed by atoms with E-state index in [1.165, 1.54) is 16.7 Å². The van der Waals surface area contributed by atoms with Crippen molar-refractivity contribution in [1.82, 2.24) is 20.0 Å². The second kappa shape index (κ2) is 8.84. The van der Waals surface area contributed by atoms with Gasteiger partial charge < -0.3 is 5.32 Å². The van der Waals surface area contributed by atoms with Crippen molar-refractivity contribution in [3.63, 3.8) is 0 Å². The van der Waals surface area contributed by atoms with Gasteiger partial charge in [-0.3, -0.25) is 14.4 Å². The molecule has 2 heterocycles. The van der Waals surface area contributed by atoms with Crippen LogP contribution in [-0.4, -0.2) is 39.7 Å². The van der Waals surface area contributed by atoms with E-state index in [0.29, 0.717) is 12.1 Å². The number of likely N-dealkylation sites (tertiary alicyclic amines) is 1. The second-order valence-corrected chi connectivity index (χ2v) is 8.37. The smallest absolute Gasteiger partial charge is 0.255 e. The summed E-state index contributed by atoms with van der Waals surface area (Å²) in [4.78, 5) is 15.4. The lowest BCUT2D eigenvalue weighted by Crippen LogP contribution is -2.37. The Morgan fingerprint density at radius 2 is 1.70 bits per heavy atom. The molecule has 1 atom stereocenters. The Bertz CT molecular complexity index is 1010. The third kappa shape index (κ3) is 4.62. The van der Waals surface area contributed by atoms with Crippen LogP contribution < -0.4 is 5.32 Å². The lowest BCUT2D eigenvalue weighted by atomic mass is 10.1. The zero-order valence-electron chi connectivity index (χ0n) is 18.1. The minimum Gasteiger partial charge on any atom is -0.348 e. The molecular formula is C25H30N4O. The third-order valence-electron chi connectivity index (χ3n) is 5.92. The van der Waals surface area contributed by atoms with Crippen LogP contribution in [0.25, 0.3) is 0 Å². The van der Waals surface area contributed by atoms with Crippen molar-refractivity contribution in [3.05, 3.63) is 88.2 Å². The van der Waals surface area contributed by atoms with Gasteiger partial charge in [0, 0.05) is 31.4 Å². The summed E-state index contributed by atoms with van der Waals surface area (Å²) in [6.45, 7) is 9.48. The predicted octanol–water partition coefficient (Wildman–Crippen LogP) is 3.86. The highest BCUT2D eigenvalue weighted by molar-refractivity contribution is 5.96. The highest BCUT2D eigenvalue weighted by Gasteiger charge is 2.26. The number of nitrogens with zero attached hydrogens (tertiary/aromatic N) is 3. The molecule has 5 nitrogen and oxygen atoms in total. The van der Waals surface area contributed by atoms with E-state index in [1.807, 2.05) is 24.6 Å². The van der Waals surface area contributed by atoms with Crippen LogP contribution in [0.5, 0.6) is 0 Å². The summed E-state index contributed by atoms with van der Waals surface area (Å²) in [5.74, 6) is -0.00767. The zero-order chi connectivity index (χ0) is 21.1. The number of carbonyl (C=O) groups is 1. The fraction of sp³-hybridized carbons (Fsp3) is 0.360. The predicted molar refractivity (Wildman–Crippen MR) is 120 cm³/mol. The first-order chi connectivity index (χ1) is 14.5. The second-order valence-electron chi connectivity index (χ2n) is 8.37. The van der Waals surface area contributed by atoms with Crippen LogP contribution in [0.4, 0.5) is 0 Å². The number of nitrogens with one attached hydrogen (secondary N) is 1. The molecule has 0 radical (unpaired) electrons. The van der Waals surface area contributed by atoms with E-state index >= 15 is 0 Å². The SMILES string of the molecule is Cc1ccc(Cn2nc(C)c(C(=O)NC3CCN(Cc4ccccc4)C3)c2C)cc1. The lowest BCUT2D eigenvalue weighted by molar-refractivity contribution is 0.0936. The molecule has 0 bridgehead atoms. The molecule has 1 amide bonds. The highest BCUT2D eigenvalue weighted by atomic mass is 16.1. The van der Waals surface area contributed by atoms with Crippen LogP contribution in [0.3, 0.4) is 0 Å². The van der Waals surface area contributed by atoms with Crippen LogP contribution >= 0.6 is 0 Å². The summed E-state index contributed by atoms with van der Waals surface area (Å²) in [6, 6.07) is 19.1.